The lowest BCUT2D eigenvalue weighted by Gasteiger charge is -2.01. The summed E-state index contributed by atoms with van der Waals surface area (Å²) in [6, 6.07) is 7.41. The van der Waals surface area contributed by atoms with Crippen LogP contribution < -0.4 is 5.32 Å². The number of benzene rings is 1. The average molecular weight is 324 g/mol. The van der Waals surface area contributed by atoms with Crippen LogP contribution in [0.1, 0.15) is 21.3 Å². The van der Waals surface area contributed by atoms with Gasteiger partial charge in [-0.15, -0.1) is 16.4 Å². The highest BCUT2D eigenvalue weighted by Gasteiger charge is 2.15. The van der Waals surface area contributed by atoms with E-state index in [2.05, 4.69) is 25.4 Å². The molecule has 0 saturated carbocycles. The number of thiazole rings is 1. The van der Waals surface area contributed by atoms with Crippen molar-refractivity contribution >= 4 is 38.9 Å². The Morgan fingerprint density at radius 2 is 2.09 bits per heavy atom. The molecule has 1 N–H and O–H groups in total. The van der Waals surface area contributed by atoms with Gasteiger partial charge in [0.1, 0.15) is 0 Å². The summed E-state index contributed by atoms with van der Waals surface area (Å²) in [6.07, 6.45) is 1.64. The number of carbonyl (C=O) groups is 1. The average Bonchev–Trinajstić information content (AvgIpc) is 3.10. The molecule has 0 aliphatic heterocycles. The van der Waals surface area contributed by atoms with Gasteiger partial charge in [0.05, 0.1) is 15.2 Å². The Balaban J connectivity index is 1.65. The molecule has 3 aromatic heterocycles. The van der Waals surface area contributed by atoms with E-state index in [-0.39, 0.29) is 11.7 Å². The lowest BCUT2D eigenvalue weighted by atomic mass is 10.3. The Labute approximate surface area is 135 Å². The van der Waals surface area contributed by atoms with Crippen LogP contribution >= 0.6 is 11.3 Å². The molecule has 0 aliphatic rings. The van der Waals surface area contributed by atoms with Crippen molar-refractivity contribution in [2.45, 2.75) is 13.8 Å². The summed E-state index contributed by atoms with van der Waals surface area (Å²) in [5, 5.41) is 8.00. The van der Waals surface area contributed by atoms with Gasteiger partial charge in [0.25, 0.3) is 11.7 Å². The number of anilines is 1. The van der Waals surface area contributed by atoms with E-state index in [4.69, 9.17) is 0 Å². The van der Waals surface area contributed by atoms with Gasteiger partial charge in [0, 0.05) is 17.6 Å². The quantitative estimate of drug-likeness (QED) is 0.612. The first-order chi connectivity index (χ1) is 11.1. The first-order valence-corrected chi connectivity index (χ1v) is 7.79. The molecule has 0 bridgehead atoms. The molecule has 0 saturated heterocycles. The molecule has 3 heterocycles. The Hall–Kier alpha value is -2.87. The van der Waals surface area contributed by atoms with Crippen LogP contribution in [0.4, 0.5) is 5.69 Å². The second-order valence-corrected chi connectivity index (χ2v) is 6.34. The highest BCUT2D eigenvalue weighted by atomic mass is 32.1. The number of rotatable bonds is 2. The zero-order valence-electron chi connectivity index (χ0n) is 12.4. The van der Waals surface area contributed by atoms with Crippen LogP contribution in [0.2, 0.25) is 0 Å². The molecule has 23 heavy (non-hydrogen) atoms. The third-order valence-corrected chi connectivity index (χ3v) is 4.32. The number of amides is 1. The van der Waals surface area contributed by atoms with Crippen molar-refractivity contribution < 1.29 is 4.79 Å². The van der Waals surface area contributed by atoms with E-state index in [1.165, 1.54) is 0 Å². The predicted molar refractivity (Wildman–Crippen MR) is 87.8 cm³/mol. The fourth-order valence-electron chi connectivity index (χ4n) is 2.31. The fourth-order valence-corrected chi connectivity index (χ4v) is 3.17. The van der Waals surface area contributed by atoms with Crippen molar-refractivity contribution in [2.24, 2.45) is 0 Å². The van der Waals surface area contributed by atoms with E-state index in [0.717, 1.165) is 20.9 Å². The molecule has 0 atom stereocenters. The second-order valence-electron chi connectivity index (χ2n) is 5.10. The van der Waals surface area contributed by atoms with Crippen LogP contribution in [0.25, 0.3) is 16.0 Å². The summed E-state index contributed by atoms with van der Waals surface area (Å²) >= 11 is 1.59. The van der Waals surface area contributed by atoms with Crippen LogP contribution in [-0.2, 0) is 0 Å². The molecular formula is C15H12N6OS. The Kier molecular flexibility index (Phi) is 3.05. The molecule has 4 rings (SSSR count). The summed E-state index contributed by atoms with van der Waals surface area (Å²) in [5.74, 6) is 0.131. The maximum Gasteiger partial charge on any atom is 0.295 e. The number of aromatic nitrogens is 5. The molecule has 0 spiro atoms. The van der Waals surface area contributed by atoms with Gasteiger partial charge in [-0.25, -0.2) is 14.5 Å². The van der Waals surface area contributed by atoms with E-state index < -0.39 is 0 Å². The van der Waals surface area contributed by atoms with E-state index in [1.807, 2.05) is 38.1 Å². The number of hydrogen-bond acceptors (Lipinski definition) is 6. The van der Waals surface area contributed by atoms with Gasteiger partial charge in [0.15, 0.2) is 0 Å². The van der Waals surface area contributed by atoms with Gasteiger partial charge in [-0.05, 0) is 38.1 Å². The van der Waals surface area contributed by atoms with Crippen LogP contribution in [0.3, 0.4) is 0 Å². The third-order valence-electron chi connectivity index (χ3n) is 3.39. The Bertz CT molecular complexity index is 1050. The van der Waals surface area contributed by atoms with Crippen molar-refractivity contribution in [1.82, 2.24) is 24.6 Å². The van der Waals surface area contributed by atoms with Gasteiger partial charge < -0.3 is 5.32 Å². The van der Waals surface area contributed by atoms with E-state index in [1.54, 1.807) is 22.0 Å². The maximum atomic E-state index is 12.3. The standard InChI is InChI=1S/C15H12N6OS/c1-8-5-6-16-15-19-13(20-21(8)15)14(22)18-10-3-4-11-12(7-10)23-9(2)17-11/h3-7H,1-2H3,(H,18,22). The molecule has 1 amide bonds. The van der Waals surface area contributed by atoms with Crippen LogP contribution in [0, 0.1) is 13.8 Å². The molecule has 0 fully saturated rings. The minimum atomic E-state index is -0.365. The van der Waals surface area contributed by atoms with Gasteiger partial charge in [-0.2, -0.15) is 4.98 Å². The maximum absolute atomic E-state index is 12.3. The molecule has 8 heteroatoms. The van der Waals surface area contributed by atoms with Crippen molar-refractivity contribution in [3.8, 4) is 0 Å². The lowest BCUT2D eigenvalue weighted by molar-refractivity contribution is 0.101. The van der Waals surface area contributed by atoms with Crippen molar-refractivity contribution in [3.63, 3.8) is 0 Å². The molecule has 0 aliphatic carbocycles. The topological polar surface area (TPSA) is 85.1 Å². The first kappa shape index (κ1) is 13.8. The normalized spacial score (nSPS) is 11.2. The number of nitrogens with zero attached hydrogens (tertiary/aromatic N) is 5. The summed E-state index contributed by atoms with van der Waals surface area (Å²) in [7, 11) is 0. The van der Waals surface area contributed by atoms with E-state index in [0.29, 0.717) is 11.5 Å². The third kappa shape index (κ3) is 2.42. The van der Waals surface area contributed by atoms with Gasteiger partial charge in [0.2, 0.25) is 5.82 Å². The zero-order valence-corrected chi connectivity index (χ0v) is 13.3. The molecular weight excluding hydrogens is 312 g/mol. The summed E-state index contributed by atoms with van der Waals surface area (Å²) in [5.41, 5.74) is 2.48. The Morgan fingerprint density at radius 3 is 2.91 bits per heavy atom. The van der Waals surface area contributed by atoms with Crippen LogP contribution in [0.5, 0.6) is 0 Å². The Morgan fingerprint density at radius 1 is 1.22 bits per heavy atom. The summed E-state index contributed by atoms with van der Waals surface area (Å²) in [6.45, 7) is 3.84. The number of fused-ring (bicyclic) bond motifs is 2. The number of aryl methyl sites for hydroxylation is 2. The summed E-state index contributed by atoms with van der Waals surface area (Å²) in [4.78, 5) is 25.0. The van der Waals surface area contributed by atoms with Crippen LogP contribution in [-0.4, -0.2) is 30.5 Å². The van der Waals surface area contributed by atoms with Crippen molar-refractivity contribution in [2.75, 3.05) is 5.32 Å². The number of hydrogen-bond donors (Lipinski definition) is 1. The lowest BCUT2D eigenvalue weighted by Crippen LogP contribution is -2.13. The highest BCUT2D eigenvalue weighted by molar-refractivity contribution is 7.18. The van der Waals surface area contributed by atoms with Crippen molar-refractivity contribution in [3.05, 3.63) is 47.0 Å². The molecule has 4 aromatic rings. The molecule has 0 unspecified atom stereocenters. The first-order valence-electron chi connectivity index (χ1n) is 6.97. The van der Waals surface area contributed by atoms with Crippen LogP contribution in [0.15, 0.2) is 30.5 Å². The molecule has 0 radical (unpaired) electrons. The summed E-state index contributed by atoms with van der Waals surface area (Å²) < 4.78 is 2.57. The van der Waals surface area contributed by atoms with E-state index in [9.17, 15) is 4.79 Å². The van der Waals surface area contributed by atoms with Gasteiger partial charge in [-0.1, -0.05) is 0 Å². The van der Waals surface area contributed by atoms with Crippen molar-refractivity contribution in [1.29, 1.82) is 0 Å². The van der Waals surface area contributed by atoms with Gasteiger partial charge in [-0.3, -0.25) is 4.79 Å². The largest absolute Gasteiger partial charge is 0.319 e. The number of carbonyl (C=O) groups excluding carboxylic acids is 1. The minimum absolute atomic E-state index is 0.0902. The fraction of sp³-hybridized carbons (Fsp3) is 0.133. The molecule has 1 aromatic carbocycles. The van der Waals surface area contributed by atoms with E-state index >= 15 is 0 Å². The number of nitrogens with one attached hydrogen (secondary N) is 1. The van der Waals surface area contributed by atoms with Gasteiger partial charge >= 0.3 is 0 Å². The predicted octanol–water partition coefficient (Wildman–Crippen LogP) is 2.60. The highest BCUT2D eigenvalue weighted by Crippen LogP contribution is 2.24. The smallest absolute Gasteiger partial charge is 0.295 e. The SMILES string of the molecule is Cc1nc2ccc(NC(=O)c3nc4nccc(C)n4n3)cc2s1. The zero-order chi connectivity index (χ0) is 16.0. The molecule has 114 valence electrons. The minimum Gasteiger partial charge on any atom is -0.319 e. The second kappa shape index (κ2) is 5.10. The monoisotopic (exact) mass is 324 g/mol. The molecule has 7 nitrogen and oxygen atoms in total.